The van der Waals surface area contributed by atoms with Gasteiger partial charge in [0.2, 0.25) is 0 Å². The number of aromatic nitrogens is 1. The SMILES string of the molecule is Cc1ccc(CN2CCN([C@H](C(=O)O)[C@@H](C)CCC(C)(C)C)C2=O)cn1. The summed E-state index contributed by atoms with van der Waals surface area (Å²) < 4.78 is 0. The van der Waals surface area contributed by atoms with Gasteiger partial charge >= 0.3 is 12.0 Å². The summed E-state index contributed by atoms with van der Waals surface area (Å²) in [6, 6.07) is 2.91. The number of carbonyl (C=O) groups excluding carboxylic acids is 1. The second-order valence-electron chi connectivity index (χ2n) is 8.57. The van der Waals surface area contributed by atoms with Crippen LogP contribution in [0.5, 0.6) is 0 Å². The highest BCUT2D eigenvalue weighted by atomic mass is 16.4. The third kappa shape index (κ3) is 5.19. The number of aryl methyl sites for hydroxylation is 1. The van der Waals surface area contributed by atoms with Gasteiger partial charge in [0.1, 0.15) is 6.04 Å². The van der Waals surface area contributed by atoms with E-state index in [9.17, 15) is 14.7 Å². The Labute approximate surface area is 156 Å². The van der Waals surface area contributed by atoms with Crippen LogP contribution < -0.4 is 0 Å². The van der Waals surface area contributed by atoms with Crippen LogP contribution in [0.3, 0.4) is 0 Å². The molecule has 0 bridgehead atoms. The third-order valence-electron chi connectivity index (χ3n) is 4.95. The molecule has 2 rings (SSSR count). The molecule has 1 saturated heterocycles. The summed E-state index contributed by atoms with van der Waals surface area (Å²) in [5.41, 5.74) is 2.04. The Bertz CT molecular complexity index is 637. The molecule has 6 nitrogen and oxygen atoms in total. The lowest BCUT2D eigenvalue weighted by atomic mass is 9.84. The second kappa shape index (κ2) is 8.06. The summed E-state index contributed by atoms with van der Waals surface area (Å²) in [6.07, 6.45) is 3.48. The van der Waals surface area contributed by atoms with E-state index in [0.29, 0.717) is 19.6 Å². The van der Waals surface area contributed by atoms with E-state index in [1.54, 1.807) is 11.1 Å². The largest absolute Gasteiger partial charge is 0.480 e. The van der Waals surface area contributed by atoms with Crippen molar-refractivity contribution >= 4 is 12.0 Å². The van der Waals surface area contributed by atoms with E-state index in [1.807, 2.05) is 26.0 Å². The van der Waals surface area contributed by atoms with Gasteiger partial charge in [0.15, 0.2) is 0 Å². The first-order valence-corrected chi connectivity index (χ1v) is 9.28. The Kier molecular flexibility index (Phi) is 6.26. The van der Waals surface area contributed by atoms with Crippen molar-refractivity contribution in [2.24, 2.45) is 11.3 Å². The summed E-state index contributed by atoms with van der Waals surface area (Å²) in [7, 11) is 0. The van der Waals surface area contributed by atoms with E-state index in [-0.39, 0.29) is 17.4 Å². The number of rotatable bonds is 7. The van der Waals surface area contributed by atoms with E-state index in [1.165, 1.54) is 4.90 Å². The molecule has 0 aromatic carbocycles. The average molecular weight is 361 g/mol. The molecule has 2 amide bonds. The van der Waals surface area contributed by atoms with Gasteiger partial charge in [0.05, 0.1) is 0 Å². The van der Waals surface area contributed by atoms with Gasteiger partial charge in [-0.1, -0.05) is 33.8 Å². The quantitative estimate of drug-likeness (QED) is 0.806. The van der Waals surface area contributed by atoms with Crippen molar-refractivity contribution in [3.63, 3.8) is 0 Å². The standard InChI is InChI=1S/C20H31N3O3/c1-14(8-9-20(3,4)5)17(18(24)25)23-11-10-22(19(23)26)13-16-7-6-15(2)21-12-16/h6-7,12,14,17H,8-11,13H2,1-5H3,(H,24,25)/t14-,17-/m0/s1. The van der Waals surface area contributed by atoms with Gasteiger partial charge in [0.25, 0.3) is 0 Å². The summed E-state index contributed by atoms with van der Waals surface area (Å²) in [4.78, 5) is 32.2. The predicted molar refractivity (Wildman–Crippen MR) is 101 cm³/mol. The van der Waals surface area contributed by atoms with Crippen LogP contribution in [0, 0.1) is 18.3 Å². The minimum atomic E-state index is -0.918. The van der Waals surface area contributed by atoms with E-state index in [4.69, 9.17) is 0 Å². The lowest BCUT2D eigenvalue weighted by Gasteiger charge is -2.31. The molecule has 0 radical (unpaired) electrons. The second-order valence-corrected chi connectivity index (χ2v) is 8.57. The molecule has 1 N–H and O–H groups in total. The van der Waals surface area contributed by atoms with Gasteiger partial charge < -0.3 is 14.9 Å². The van der Waals surface area contributed by atoms with Gasteiger partial charge in [-0.2, -0.15) is 0 Å². The number of pyridine rings is 1. The minimum absolute atomic E-state index is 0.0864. The zero-order valence-electron chi connectivity index (χ0n) is 16.5. The number of amides is 2. The lowest BCUT2D eigenvalue weighted by molar-refractivity contribution is -0.143. The van der Waals surface area contributed by atoms with Crippen molar-refractivity contribution < 1.29 is 14.7 Å². The summed E-state index contributed by atoms with van der Waals surface area (Å²) >= 11 is 0. The molecule has 2 heterocycles. The highest BCUT2D eigenvalue weighted by molar-refractivity contribution is 5.84. The topological polar surface area (TPSA) is 73.7 Å². The van der Waals surface area contributed by atoms with Crippen molar-refractivity contribution in [2.75, 3.05) is 13.1 Å². The van der Waals surface area contributed by atoms with E-state index in [0.717, 1.165) is 24.1 Å². The number of hydrogen-bond acceptors (Lipinski definition) is 3. The molecule has 0 unspecified atom stereocenters. The predicted octanol–water partition coefficient (Wildman–Crippen LogP) is 3.54. The van der Waals surface area contributed by atoms with E-state index >= 15 is 0 Å². The van der Waals surface area contributed by atoms with Crippen LogP contribution in [-0.4, -0.2) is 51.0 Å². The van der Waals surface area contributed by atoms with Gasteiger partial charge in [0, 0.05) is 31.5 Å². The molecule has 1 fully saturated rings. The molecule has 1 aromatic heterocycles. The fourth-order valence-electron chi connectivity index (χ4n) is 3.32. The summed E-state index contributed by atoms with van der Waals surface area (Å²) in [5.74, 6) is -1.00. The normalized spacial score (nSPS) is 17.5. The average Bonchev–Trinajstić information content (AvgIpc) is 2.88. The van der Waals surface area contributed by atoms with Crippen molar-refractivity contribution in [2.45, 2.75) is 60.0 Å². The minimum Gasteiger partial charge on any atom is -0.480 e. The third-order valence-corrected chi connectivity index (χ3v) is 4.95. The van der Waals surface area contributed by atoms with Crippen LogP contribution in [0.2, 0.25) is 0 Å². The molecular weight excluding hydrogens is 330 g/mol. The van der Waals surface area contributed by atoms with Gasteiger partial charge in [-0.05, 0) is 42.7 Å². The Hall–Kier alpha value is -2.11. The lowest BCUT2D eigenvalue weighted by Crippen LogP contribution is -2.47. The van der Waals surface area contributed by atoms with Crippen LogP contribution in [0.15, 0.2) is 18.3 Å². The molecule has 0 saturated carbocycles. The van der Waals surface area contributed by atoms with Crippen molar-refractivity contribution in [1.82, 2.24) is 14.8 Å². The van der Waals surface area contributed by atoms with Crippen molar-refractivity contribution in [3.05, 3.63) is 29.6 Å². The maximum atomic E-state index is 12.8. The molecule has 2 atom stereocenters. The van der Waals surface area contributed by atoms with Crippen LogP contribution in [0.4, 0.5) is 4.79 Å². The monoisotopic (exact) mass is 361 g/mol. The number of carboxylic acid groups (broad SMARTS) is 1. The maximum Gasteiger partial charge on any atom is 0.326 e. The first-order valence-electron chi connectivity index (χ1n) is 9.28. The highest BCUT2D eigenvalue weighted by Crippen LogP contribution is 2.28. The van der Waals surface area contributed by atoms with Gasteiger partial charge in [-0.15, -0.1) is 0 Å². The number of aliphatic carboxylic acids is 1. The molecule has 0 aliphatic carbocycles. The molecule has 6 heteroatoms. The number of hydrogen-bond donors (Lipinski definition) is 1. The molecule has 1 aromatic rings. The smallest absolute Gasteiger partial charge is 0.326 e. The van der Waals surface area contributed by atoms with Gasteiger partial charge in [-0.3, -0.25) is 4.98 Å². The molecule has 0 spiro atoms. The van der Waals surface area contributed by atoms with E-state index in [2.05, 4.69) is 25.8 Å². The molecular formula is C20H31N3O3. The maximum absolute atomic E-state index is 12.8. The fraction of sp³-hybridized carbons (Fsp3) is 0.650. The zero-order valence-corrected chi connectivity index (χ0v) is 16.5. The number of carboxylic acids is 1. The molecule has 1 aliphatic rings. The first-order chi connectivity index (χ1) is 12.1. The van der Waals surface area contributed by atoms with Crippen LogP contribution >= 0.6 is 0 Å². The number of nitrogens with zero attached hydrogens (tertiary/aromatic N) is 3. The van der Waals surface area contributed by atoms with Crippen LogP contribution in [0.25, 0.3) is 0 Å². The van der Waals surface area contributed by atoms with Crippen molar-refractivity contribution in [1.29, 1.82) is 0 Å². The number of urea groups is 1. The first kappa shape index (κ1) is 20.2. The Morgan fingerprint density at radius 3 is 2.54 bits per heavy atom. The van der Waals surface area contributed by atoms with Crippen molar-refractivity contribution in [3.8, 4) is 0 Å². The molecule has 1 aliphatic heterocycles. The Balaban J connectivity index is 2.04. The Morgan fingerprint density at radius 2 is 2.00 bits per heavy atom. The fourth-order valence-corrected chi connectivity index (χ4v) is 3.32. The van der Waals surface area contributed by atoms with Gasteiger partial charge in [-0.25, -0.2) is 9.59 Å². The molecule has 144 valence electrons. The highest BCUT2D eigenvalue weighted by Gasteiger charge is 2.40. The number of carbonyl (C=O) groups is 2. The zero-order chi connectivity index (χ0) is 19.5. The van der Waals surface area contributed by atoms with E-state index < -0.39 is 12.0 Å². The van der Waals surface area contributed by atoms with Crippen LogP contribution in [-0.2, 0) is 11.3 Å². The summed E-state index contributed by atoms with van der Waals surface area (Å²) in [5, 5.41) is 9.74. The Morgan fingerprint density at radius 1 is 1.31 bits per heavy atom. The molecule has 26 heavy (non-hydrogen) atoms. The van der Waals surface area contributed by atoms with Crippen LogP contribution in [0.1, 0.15) is 51.8 Å². The summed E-state index contributed by atoms with van der Waals surface area (Å²) in [6.45, 7) is 11.8.